The van der Waals surface area contributed by atoms with Gasteiger partial charge in [0.05, 0.1) is 0 Å². The van der Waals surface area contributed by atoms with Crippen molar-refractivity contribution in [3.8, 4) is 0 Å². The van der Waals surface area contributed by atoms with Crippen molar-refractivity contribution in [3.63, 3.8) is 0 Å². The Kier molecular flexibility index (Phi) is 5.18. The maximum absolute atomic E-state index is 11.8. The molecule has 0 aliphatic rings. The highest BCUT2D eigenvalue weighted by Gasteiger charge is 2.26. The van der Waals surface area contributed by atoms with Gasteiger partial charge in [-0.05, 0) is 19.4 Å². The first-order chi connectivity index (χ1) is 6.96. The minimum Gasteiger partial charge on any atom is -0.303 e. The number of carbonyl (C=O) groups excluding carboxylic acids is 1. The van der Waals surface area contributed by atoms with Gasteiger partial charge in [-0.25, -0.2) is 0 Å². The smallest absolute Gasteiger partial charge is 0.139 e. The molecule has 96 valence electrons. The van der Waals surface area contributed by atoms with E-state index in [4.69, 9.17) is 0 Å². The fraction of sp³-hybridized carbons (Fsp3) is 0.929. The zero-order chi connectivity index (χ0) is 13.1. The number of Topliss-reactive ketones (excluding diaryl/α,β-unsaturated/α-hetero) is 1. The second kappa shape index (κ2) is 5.31. The van der Waals surface area contributed by atoms with Gasteiger partial charge in [-0.3, -0.25) is 4.79 Å². The summed E-state index contributed by atoms with van der Waals surface area (Å²) >= 11 is 0. The summed E-state index contributed by atoms with van der Waals surface area (Å²) in [6.45, 7) is 15.8. The molecular weight excluding hydrogens is 198 g/mol. The maximum Gasteiger partial charge on any atom is 0.139 e. The molecule has 0 saturated heterocycles. The van der Waals surface area contributed by atoms with E-state index < -0.39 is 0 Å². The second-order valence-electron chi connectivity index (χ2n) is 6.95. The Morgan fingerprint density at radius 3 is 1.88 bits per heavy atom. The zero-order valence-electron chi connectivity index (χ0n) is 12.3. The molecule has 0 aliphatic heterocycles. The molecule has 0 aromatic carbocycles. The molecule has 0 N–H and O–H groups in total. The molecule has 2 heteroatoms. The summed E-state index contributed by atoms with van der Waals surface area (Å²) < 4.78 is 0. The number of hydrogen-bond donors (Lipinski definition) is 0. The summed E-state index contributed by atoms with van der Waals surface area (Å²) in [5.74, 6) is 0.348. The van der Waals surface area contributed by atoms with E-state index in [1.54, 1.807) is 0 Å². The van der Waals surface area contributed by atoms with Crippen molar-refractivity contribution in [2.75, 3.05) is 13.6 Å². The summed E-state index contributed by atoms with van der Waals surface area (Å²) in [4.78, 5) is 14.1. The third-order valence-corrected chi connectivity index (χ3v) is 3.44. The van der Waals surface area contributed by atoms with E-state index in [1.807, 2.05) is 20.8 Å². The first-order valence-corrected chi connectivity index (χ1v) is 6.20. The van der Waals surface area contributed by atoms with Crippen molar-refractivity contribution < 1.29 is 4.79 Å². The molecule has 1 atom stereocenters. The number of hydrogen-bond acceptors (Lipinski definition) is 2. The van der Waals surface area contributed by atoms with E-state index in [2.05, 4.69) is 39.6 Å². The fourth-order valence-corrected chi connectivity index (χ4v) is 1.51. The first-order valence-electron chi connectivity index (χ1n) is 6.20. The van der Waals surface area contributed by atoms with Gasteiger partial charge in [0.1, 0.15) is 5.78 Å². The number of nitrogens with zero attached hydrogens (tertiary/aromatic N) is 1. The third-order valence-electron chi connectivity index (χ3n) is 3.44. The van der Waals surface area contributed by atoms with Crippen LogP contribution in [0.3, 0.4) is 0 Å². The Morgan fingerprint density at radius 2 is 1.56 bits per heavy atom. The molecule has 0 heterocycles. The van der Waals surface area contributed by atoms with Crippen LogP contribution in [-0.4, -0.2) is 30.3 Å². The molecule has 16 heavy (non-hydrogen) atoms. The Hall–Kier alpha value is -0.370. The van der Waals surface area contributed by atoms with Gasteiger partial charge in [0.15, 0.2) is 0 Å². The topological polar surface area (TPSA) is 20.3 Å². The van der Waals surface area contributed by atoms with Crippen LogP contribution >= 0.6 is 0 Å². The number of rotatable bonds is 4. The molecule has 0 rings (SSSR count). The van der Waals surface area contributed by atoms with Crippen molar-refractivity contribution in [1.29, 1.82) is 0 Å². The van der Waals surface area contributed by atoms with E-state index in [0.29, 0.717) is 18.2 Å². The highest BCUT2D eigenvalue weighted by atomic mass is 16.1. The SMILES string of the molecule is CC(N(C)CCC(=O)C(C)(C)C)C(C)(C)C. The van der Waals surface area contributed by atoms with E-state index >= 15 is 0 Å². The molecule has 0 spiro atoms. The lowest BCUT2D eigenvalue weighted by Crippen LogP contribution is -2.40. The highest BCUT2D eigenvalue weighted by Crippen LogP contribution is 2.24. The second-order valence-corrected chi connectivity index (χ2v) is 6.95. The van der Waals surface area contributed by atoms with Crippen molar-refractivity contribution in [1.82, 2.24) is 4.90 Å². The van der Waals surface area contributed by atoms with E-state index in [0.717, 1.165) is 6.54 Å². The lowest BCUT2D eigenvalue weighted by molar-refractivity contribution is -0.126. The molecule has 0 saturated carbocycles. The van der Waals surface area contributed by atoms with Gasteiger partial charge in [-0.1, -0.05) is 41.5 Å². The Labute approximate surface area is 101 Å². The van der Waals surface area contributed by atoms with Crippen LogP contribution in [0.15, 0.2) is 0 Å². The zero-order valence-corrected chi connectivity index (χ0v) is 12.3. The van der Waals surface area contributed by atoms with Crippen molar-refractivity contribution in [3.05, 3.63) is 0 Å². The van der Waals surface area contributed by atoms with Gasteiger partial charge in [-0.15, -0.1) is 0 Å². The first kappa shape index (κ1) is 15.6. The van der Waals surface area contributed by atoms with Gasteiger partial charge in [0.2, 0.25) is 0 Å². The maximum atomic E-state index is 11.8. The van der Waals surface area contributed by atoms with Crippen LogP contribution in [0, 0.1) is 10.8 Å². The molecule has 0 amide bonds. The monoisotopic (exact) mass is 227 g/mol. The lowest BCUT2D eigenvalue weighted by Gasteiger charge is -2.35. The summed E-state index contributed by atoms with van der Waals surface area (Å²) in [7, 11) is 2.10. The van der Waals surface area contributed by atoms with Gasteiger partial charge >= 0.3 is 0 Å². The quantitative estimate of drug-likeness (QED) is 0.734. The average molecular weight is 227 g/mol. The van der Waals surface area contributed by atoms with Gasteiger partial charge in [-0.2, -0.15) is 0 Å². The van der Waals surface area contributed by atoms with Crippen LogP contribution < -0.4 is 0 Å². The van der Waals surface area contributed by atoms with Crippen LogP contribution in [0.4, 0.5) is 0 Å². The van der Waals surface area contributed by atoms with Gasteiger partial charge in [0.25, 0.3) is 0 Å². The summed E-state index contributed by atoms with van der Waals surface area (Å²) in [6, 6.07) is 0.486. The third kappa shape index (κ3) is 5.11. The van der Waals surface area contributed by atoms with Crippen LogP contribution in [0.2, 0.25) is 0 Å². The Morgan fingerprint density at radius 1 is 1.12 bits per heavy atom. The molecular formula is C14H29NO. The van der Waals surface area contributed by atoms with Crippen molar-refractivity contribution in [2.24, 2.45) is 10.8 Å². The Bertz CT molecular complexity index is 232. The van der Waals surface area contributed by atoms with E-state index in [1.165, 1.54) is 0 Å². The van der Waals surface area contributed by atoms with Crippen LogP contribution in [0.1, 0.15) is 54.9 Å². The normalized spacial score (nSPS) is 15.3. The molecule has 0 aliphatic carbocycles. The molecule has 1 unspecified atom stereocenters. The van der Waals surface area contributed by atoms with Crippen molar-refractivity contribution >= 4 is 5.78 Å². The molecule has 0 radical (unpaired) electrons. The molecule has 0 aromatic rings. The molecule has 0 fully saturated rings. The predicted octanol–water partition coefficient (Wildman–Crippen LogP) is 3.36. The fourth-order valence-electron chi connectivity index (χ4n) is 1.51. The van der Waals surface area contributed by atoms with Crippen LogP contribution in [-0.2, 0) is 4.79 Å². The van der Waals surface area contributed by atoms with Gasteiger partial charge in [0, 0.05) is 24.4 Å². The van der Waals surface area contributed by atoms with Gasteiger partial charge < -0.3 is 4.90 Å². The van der Waals surface area contributed by atoms with E-state index in [9.17, 15) is 4.79 Å². The lowest BCUT2D eigenvalue weighted by atomic mass is 9.86. The minimum atomic E-state index is -0.203. The highest BCUT2D eigenvalue weighted by molar-refractivity contribution is 5.83. The largest absolute Gasteiger partial charge is 0.303 e. The van der Waals surface area contributed by atoms with Crippen molar-refractivity contribution in [2.45, 2.75) is 60.9 Å². The number of ketones is 1. The summed E-state index contributed by atoms with van der Waals surface area (Å²) in [5.41, 5.74) is 0.0609. The molecule has 0 aromatic heterocycles. The molecule has 0 bridgehead atoms. The summed E-state index contributed by atoms with van der Waals surface area (Å²) in [5, 5.41) is 0. The van der Waals surface area contributed by atoms with E-state index in [-0.39, 0.29) is 10.8 Å². The molecule has 2 nitrogen and oxygen atoms in total. The Balaban J connectivity index is 4.19. The average Bonchev–Trinajstić information content (AvgIpc) is 2.09. The van der Waals surface area contributed by atoms with Crippen LogP contribution in [0.25, 0.3) is 0 Å². The minimum absolute atomic E-state index is 0.203. The van der Waals surface area contributed by atoms with Crippen LogP contribution in [0.5, 0.6) is 0 Å². The predicted molar refractivity (Wildman–Crippen MR) is 70.6 cm³/mol. The summed E-state index contributed by atoms with van der Waals surface area (Å²) in [6.07, 6.45) is 0.653. The standard InChI is InChI=1S/C14H29NO/c1-11(13(2,3)4)15(8)10-9-12(16)14(5,6)7/h11H,9-10H2,1-8H3. The number of carbonyl (C=O) groups is 1.